The fourth-order valence-corrected chi connectivity index (χ4v) is 5.78. The van der Waals surface area contributed by atoms with Crippen molar-refractivity contribution in [3.05, 3.63) is 70.8 Å². The maximum absolute atomic E-state index is 2.62. The molecule has 2 fully saturated rings. The Morgan fingerprint density at radius 1 is 0.576 bits per heavy atom. The van der Waals surface area contributed by atoms with Crippen LogP contribution in [-0.4, -0.2) is 49.1 Å². The minimum absolute atomic E-state index is 1.07. The molecule has 33 heavy (non-hydrogen) atoms. The van der Waals surface area contributed by atoms with Gasteiger partial charge in [0.1, 0.15) is 0 Å². The van der Waals surface area contributed by atoms with Crippen molar-refractivity contribution in [1.29, 1.82) is 0 Å². The summed E-state index contributed by atoms with van der Waals surface area (Å²) in [5.41, 5.74) is 8.51. The van der Waals surface area contributed by atoms with Gasteiger partial charge in [-0.15, -0.1) is 0 Å². The number of fused-ring (bicyclic) bond motifs is 3. The maximum atomic E-state index is 2.62. The van der Waals surface area contributed by atoms with Gasteiger partial charge in [-0.3, -0.25) is 0 Å². The molecule has 2 aliphatic heterocycles. The molecule has 2 saturated heterocycles. The molecule has 2 nitrogen and oxygen atoms in total. The van der Waals surface area contributed by atoms with Crippen LogP contribution < -0.4 is 0 Å². The first-order chi connectivity index (χ1) is 16.3. The van der Waals surface area contributed by atoms with Gasteiger partial charge in [0.25, 0.3) is 0 Å². The molecule has 0 saturated carbocycles. The Morgan fingerprint density at radius 3 is 1.48 bits per heavy atom. The number of benzene rings is 2. The lowest BCUT2D eigenvalue weighted by atomic mass is 10.0. The first-order valence-electron chi connectivity index (χ1n) is 13.4. The zero-order chi connectivity index (χ0) is 22.3. The van der Waals surface area contributed by atoms with Crippen LogP contribution in [0.1, 0.15) is 73.6 Å². The molecule has 0 spiro atoms. The van der Waals surface area contributed by atoms with Gasteiger partial charge in [-0.2, -0.15) is 0 Å². The number of likely N-dealkylation sites (tertiary alicyclic amines) is 2. The average molecular weight is 441 g/mol. The predicted octanol–water partition coefficient (Wildman–Crippen LogP) is 7.04. The topological polar surface area (TPSA) is 6.48 Å². The molecule has 0 amide bonds. The van der Waals surface area contributed by atoms with Crippen LogP contribution in [0.4, 0.5) is 0 Å². The molecule has 0 aromatic heterocycles. The first-order valence-corrected chi connectivity index (χ1v) is 13.4. The maximum Gasteiger partial charge on any atom is 0.00160 e. The van der Waals surface area contributed by atoms with E-state index in [1.807, 2.05) is 0 Å². The van der Waals surface area contributed by atoms with Crippen molar-refractivity contribution in [3.63, 3.8) is 0 Å². The second kappa shape index (κ2) is 11.3. The summed E-state index contributed by atoms with van der Waals surface area (Å²) in [7, 11) is 0. The zero-order valence-corrected chi connectivity index (χ0v) is 20.3. The number of rotatable bonds is 8. The van der Waals surface area contributed by atoms with E-state index in [2.05, 4.69) is 70.5 Å². The van der Waals surface area contributed by atoms with Crippen molar-refractivity contribution in [1.82, 2.24) is 9.80 Å². The van der Waals surface area contributed by atoms with Gasteiger partial charge in [-0.25, -0.2) is 0 Å². The summed E-state index contributed by atoms with van der Waals surface area (Å²) in [5, 5.41) is 0. The van der Waals surface area contributed by atoms with Crippen molar-refractivity contribution in [3.8, 4) is 11.1 Å². The molecule has 2 heterocycles. The third-order valence-electron chi connectivity index (χ3n) is 7.67. The van der Waals surface area contributed by atoms with E-state index in [0.717, 1.165) is 19.3 Å². The third kappa shape index (κ3) is 6.05. The normalized spacial score (nSPS) is 19.4. The lowest BCUT2D eigenvalue weighted by Crippen LogP contribution is -2.30. The second-order valence-electron chi connectivity index (χ2n) is 10.2. The molecule has 2 aromatic carbocycles. The molecule has 1 aliphatic carbocycles. The van der Waals surface area contributed by atoms with Crippen LogP contribution in [0.3, 0.4) is 0 Å². The molecule has 0 unspecified atom stereocenters. The smallest absolute Gasteiger partial charge is 0.00160 e. The van der Waals surface area contributed by atoms with Crippen LogP contribution in [0.25, 0.3) is 23.3 Å². The fourth-order valence-electron chi connectivity index (χ4n) is 5.78. The zero-order valence-electron chi connectivity index (χ0n) is 20.3. The largest absolute Gasteiger partial charge is 0.303 e. The Kier molecular flexibility index (Phi) is 7.76. The van der Waals surface area contributed by atoms with Gasteiger partial charge in [0.15, 0.2) is 0 Å². The molecule has 0 bridgehead atoms. The van der Waals surface area contributed by atoms with Crippen LogP contribution >= 0.6 is 0 Å². The number of hydrogen-bond acceptors (Lipinski definition) is 2. The summed E-state index contributed by atoms with van der Waals surface area (Å²) in [5.74, 6) is 0. The van der Waals surface area contributed by atoms with Crippen LogP contribution in [0.2, 0.25) is 0 Å². The first kappa shape index (κ1) is 22.6. The Labute approximate surface area is 201 Å². The van der Waals surface area contributed by atoms with Crippen LogP contribution in [0.5, 0.6) is 0 Å². The molecular formula is C31H40N2. The predicted molar refractivity (Wildman–Crippen MR) is 143 cm³/mol. The Balaban J connectivity index is 1.14. The monoisotopic (exact) mass is 440 g/mol. The highest BCUT2D eigenvalue weighted by Crippen LogP contribution is 2.37. The number of hydrogen-bond donors (Lipinski definition) is 0. The summed E-state index contributed by atoms with van der Waals surface area (Å²) < 4.78 is 0. The summed E-state index contributed by atoms with van der Waals surface area (Å²) in [6.07, 6.45) is 21.1. The fraction of sp³-hybridized carbons (Fsp3) is 0.484. The van der Waals surface area contributed by atoms with Gasteiger partial charge >= 0.3 is 0 Å². The summed E-state index contributed by atoms with van der Waals surface area (Å²) in [4.78, 5) is 5.24. The van der Waals surface area contributed by atoms with E-state index in [1.165, 1.54) is 111 Å². The van der Waals surface area contributed by atoms with Gasteiger partial charge in [0, 0.05) is 13.1 Å². The van der Waals surface area contributed by atoms with E-state index >= 15 is 0 Å². The Morgan fingerprint density at radius 2 is 1.03 bits per heavy atom. The second-order valence-corrected chi connectivity index (χ2v) is 10.2. The average Bonchev–Trinajstić information content (AvgIpc) is 3.23. The molecular weight excluding hydrogens is 400 g/mol. The van der Waals surface area contributed by atoms with E-state index in [4.69, 9.17) is 0 Å². The molecule has 3 aliphatic rings. The molecule has 174 valence electrons. The Bertz CT molecular complexity index is 895. The van der Waals surface area contributed by atoms with Crippen LogP contribution in [0, 0.1) is 0 Å². The molecule has 0 atom stereocenters. The lowest BCUT2D eigenvalue weighted by molar-refractivity contribution is 0.233. The highest BCUT2D eigenvalue weighted by Gasteiger charge is 2.18. The van der Waals surface area contributed by atoms with Crippen molar-refractivity contribution in [2.75, 3.05) is 39.3 Å². The van der Waals surface area contributed by atoms with E-state index in [0.29, 0.717) is 0 Å². The molecule has 5 rings (SSSR count). The van der Waals surface area contributed by atoms with E-state index < -0.39 is 0 Å². The van der Waals surface area contributed by atoms with Gasteiger partial charge < -0.3 is 9.80 Å². The minimum atomic E-state index is 1.07. The quantitative estimate of drug-likeness (QED) is 0.371. The van der Waals surface area contributed by atoms with Crippen LogP contribution in [0.15, 0.2) is 48.6 Å². The van der Waals surface area contributed by atoms with Gasteiger partial charge in [-0.1, -0.05) is 73.5 Å². The van der Waals surface area contributed by atoms with Crippen molar-refractivity contribution < 1.29 is 0 Å². The van der Waals surface area contributed by atoms with Gasteiger partial charge in [0.05, 0.1) is 0 Å². The molecule has 2 aromatic rings. The SMILES string of the molecule is C(=Cc1ccc2c(c1)Cc1cc(C=CCCN3CCCCC3)ccc1-2)CCN1CCCCC1. The summed E-state index contributed by atoms with van der Waals surface area (Å²) in [6, 6.07) is 14.1. The highest BCUT2D eigenvalue weighted by molar-refractivity contribution is 5.79. The van der Waals surface area contributed by atoms with Crippen molar-refractivity contribution in [2.45, 2.75) is 57.8 Å². The molecule has 0 N–H and O–H groups in total. The minimum Gasteiger partial charge on any atom is -0.303 e. The Hall–Kier alpha value is -2.16. The van der Waals surface area contributed by atoms with Crippen molar-refractivity contribution in [2.24, 2.45) is 0 Å². The standard InChI is InChI=1S/C31H40N2/c1-5-17-32(18-6-1)21-9-3-11-26-13-15-30-28(23-26)25-29-24-27(14-16-31(29)30)12-4-10-22-33-19-7-2-8-20-33/h3-4,11-16,23-24H,1-2,5-10,17-22,25H2. The number of nitrogens with zero attached hydrogens (tertiary/aromatic N) is 2. The number of piperidine rings is 2. The summed E-state index contributed by atoms with van der Waals surface area (Å²) in [6.45, 7) is 7.59. The van der Waals surface area contributed by atoms with Crippen LogP contribution in [-0.2, 0) is 6.42 Å². The molecule has 2 heteroatoms. The summed E-state index contributed by atoms with van der Waals surface area (Å²) >= 11 is 0. The van der Waals surface area contributed by atoms with E-state index in [1.54, 1.807) is 0 Å². The van der Waals surface area contributed by atoms with Gasteiger partial charge in [-0.05, 0) is 105 Å². The van der Waals surface area contributed by atoms with E-state index in [9.17, 15) is 0 Å². The lowest BCUT2D eigenvalue weighted by Gasteiger charge is -2.25. The molecule has 0 radical (unpaired) electrons. The van der Waals surface area contributed by atoms with Crippen molar-refractivity contribution >= 4 is 12.2 Å². The van der Waals surface area contributed by atoms with Gasteiger partial charge in [0.2, 0.25) is 0 Å². The van der Waals surface area contributed by atoms with E-state index in [-0.39, 0.29) is 0 Å². The third-order valence-corrected chi connectivity index (χ3v) is 7.67. The highest BCUT2D eigenvalue weighted by atomic mass is 15.1.